The summed E-state index contributed by atoms with van der Waals surface area (Å²) in [5.74, 6) is 0.323. The summed E-state index contributed by atoms with van der Waals surface area (Å²) in [6.07, 6.45) is 3.19. The van der Waals surface area contributed by atoms with E-state index in [1.165, 1.54) is 23.6 Å². The highest BCUT2D eigenvalue weighted by Gasteiger charge is 2.34. The Balaban J connectivity index is 1.45. The molecule has 0 saturated carbocycles. The molecule has 1 fully saturated rings. The lowest BCUT2D eigenvalue weighted by atomic mass is 10.1. The van der Waals surface area contributed by atoms with Gasteiger partial charge >= 0.3 is 0 Å². The molecule has 5 nitrogen and oxygen atoms in total. The number of hydrogen-bond acceptors (Lipinski definition) is 5. The number of rotatable bonds is 9. The molecule has 0 spiro atoms. The minimum Gasteiger partial charge on any atom is -0.493 e. The molecule has 1 aliphatic rings. The number of amides is 2. The summed E-state index contributed by atoms with van der Waals surface area (Å²) >= 11 is 3.05. The maximum Gasteiger partial charge on any atom is 0.293 e. The van der Waals surface area contributed by atoms with Gasteiger partial charge in [0.05, 0.1) is 15.6 Å². The first-order valence-corrected chi connectivity index (χ1v) is 12.9. The van der Waals surface area contributed by atoms with Gasteiger partial charge in [-0.15, -0.1) is 0 Å². The molecule has 1 heterocycles. The van der Waals surface area contributed by atoms with E-state index in [2.05, 4.69) is 22.6 Å². The van der Waals surface area contributed by atoms with Crippen molar-refractivity contribution in [2.75, 3.05) is 13.7 Å². The van der Waals surface area contributed by atoms with E-state index in [1.54, 1.807) is 30.3 Å². The number of thioether (sulfide) groups is 1. The fourth-order valence-corrected chi connectivity index (χ4v) is 5.30. The summed E-state index contributed by atoms with van der Waals surface area (Å²) in [5.41, 5.74) is 2.32. The lowest BCUT2D eigenvalue weighted by molar-refractivity contribution is -0.122. The first kappa shape index (κ1) is 25.2. The highest BCUT2D eigenvalue weighted by atomic mass is 127. The van der Waals surface area contributed by atoms with Crippen molar-refractivity contribution < 1.29 is 23.5 Å². The average molecular weight is 603 g/mol. The maximum atomic E-state index is 13.9. The van der Waals surface area contributed by atoms with Crippen LogP contribution in [0.1, 0.15) is 23.1 Å². The molecular weight excluding hydrogens is 580 g/mol. The summed E-state index contributed by atoms with van der Waals surface area (Å²) in [4.78, 5) is 27.0. The third-order valence-corrected chi connectivity index (χ3v) is 7.15. The zero-order valence-corrected chi connectivity index (χ0v) is 22.0. The molecule has 35 heavy (non-hydrogen) atoms. The lowest BCUT2D eigenvalue weighted by Crippen LogP contribution is -2.29. The smallest absolute Gasteiger partial charge is 0.293 e. The number of imide groups is 1. The first-order valence-electron chi connectivity index (χ1n) is 11.0. The van der Waals surface area contributed by atoms with E-state index >= 15 is 0 Å². The second kappa shape index (κ2) is 11.7. The number of carbonyl (C=O) groups is 2. The quantitative estimate of drug-likeness (QED) is 0.202. The molecule has 4 rings (SSSR count). The van der Waals surface area contributed by atoms with Crippen molar-refractivity contribution in [1.82, 2.24) is 4.90 Å². The van der Waals surface area contributed by atoms with Crippen LogP contribution in [0.4, 0.5) is 9.18 Å². The highest BCUT2D eigenvalue weighted by Crippen LogP contribution is 2.37. The monoisotopic (exact) mass is 603 g/mol. The molecule has 0 radical (unpaired) electrons. The maximum absolute atomic E-state index is 13.9. The van der Waals surface area contributed by atoms with Crippen molar-refractivity contribution in [1.29, 1.82) is 0 Å². The molecule has 3 aromatic carbocycles. The molecule has 0 aliphatic carbocycles. The normalized spacial score (nSPS) is 14.6. The first-order chi connectivity index (χ1) is 17.0. The van der Waals surface area contributed by atoms with E-state index in [0.29, 0.717) is 40.5 Å². The van der Waals surface area contributed by atoms with Gasteiger partial charge in [0.25, 0.3) is 11.1 Å². The Kier molecular flexibility index (Phi) is 8.46. The van der Waals surface area contributed by atoms with E-state index in [0.717, 1.165) is 21.8 Å². The summed E-state index contributed by atoms with van der Waals surface area (Å²) in [5, 5.41) is -0.263. The average Bonchev–Trinajstić information content (AvgIpc) is 3.12. The number of ether oxygens (including phenoxy) is 2. The van der Waals surface area contributed by atoms with Crippen molar-refractivity contribution in [3.63, 3.8) is 0 Å². The molecule has 1 aliphatic heterocycles. The SMILES string of the molecule is COc1cc(/C=C2/SC(=O)N(CCCc3ccccc3)C2=O)cc(I)c1OCc1ccccc1F. The minimum atomic E-state index is -0.336. The Morgan fingerprint density at radius 2 is 1.80 bits per heavy atom. The molecule has 0 N–H and O–H groups in total. The highest BCUT2D eigenvalue weighted by molar-refractivity contribution is 14.1. The fraction of sp³-hybridized carbons (Fsp3) is 0.185. The summed E-state index contributed by atoms with van der Waals surface area (Å²) in [6, 6.07) is 20.0. The molecule has 8 heteroatoms. The van der Waals surface area contributed by atoms with Gasteiger partial charge in [0.2, 0.25) is 0 Å². The zero-order valence-electron chi connectivity index (χ0n) is 19.0. The van der Waals surface area contributed by atoms with Crippen molar-refractivity contribution in [2.45, 2.75) is 19.4 Å². The molecule has 0 unspecified atom stereocenters. The van der Waals surface area contributed by atoms with Gasteiger partial charge in [-0.25, -0.2) is 4.39 Å². The zero-order chi connectivity index (χ0) is 24.8. The summed E-state index contributed by atoms with van der Waals surface area (Å²) in [6.45, 7) is 0.431. The van der Waals surface area contributed by atoms with Crippen LogP contribution in [-0.4, -0.2) is 29.7 Å². The minimum absolute atomic E-state index is 0.0558. The van der Waals surface area contributed by atoms with Crippen molar-refractivity contribution >= 4 is 51.6 Å². The van der Waals surface area contributed by atoms with Crippen LogP contribution in [0.3, 0.4) is 0 Å². The van der Waals surface area contributed by atoms with Gasteiger partial charge in [-0.05, 0) is 82.6 Å². The van der Waals surface area contributed by atoms with Crippen molar-refractivity contribution in [3.05, 3.63) is 97.7 Å². The van der Waals surface area contributed by atoms with Crippen LogP contribution in [-0.2, 0) is 17.8 Å². The van der Waals surface area contributed by atoms with Gasteiger partial charge in [-0.1, -0.05) is 48.5 Å². The predicted octanol–water partition coefficient (Wildman–Crippen LogP) is 6.69. The van der Waals surface area contributed by atoms with Gasteiger partial charge in [-0.2, -0.15) is 0 Å². The van der Waals surface area contributed by atoms with Gasteiger partial charge < -0.3 is 9.47 Å². The number of carbonyl (C=O) groups excluding carboxylic acids is 2. The van der Waals surface area contributed by atoms with Crippen molar-refractivity contribution in [3.8, 4) is 11.5 Å². The molecule has 2 amide bonds. The van der Waals surface area contributed by atoms with Crippen LogP contribution in [0.5, 0.6) is 11.5 Å². The van der Waals surface area contributed by atoms with Crippen molar-refractivity contribution in [2.24, 2.45) is 0 Å². The number of aryl methyl sites for hydroxylation is 1. The van der Waals surface area contributed by atoms with Gasteiger partial charge in [-0.3, -0.25) is 14.5 Å². The van der Waals surface area contributed by atoms with E-state index < -0.39 is 0 Å². The second-order valence-corrected chi connectivity index (χ2v) is 9.99. The Morgan fingerprint density at radius 3 is 2.54 bits per heavy atom. The number of nitrogens with zero attached hydrogens (tertiary/aromatic N) is 1. The van der Waals surface area contributed by atoms with Crippen LogP contribution in [0.15, 0.2) is 71.6 Å². The Bertz CT molecular complexity index is 1270. The Hall–Kier alpha value is -2.85. The van der Waals surface area contributed by atoms with Crippen LogP contribution in [0.25, 0.3) is 6.08 Å². The van der Waals surface area contributed by atoms with E-state index in [9.17, 15) is 14.0 Å². The molecule has 0 aromatic heterocycles. The van der Waals surface area contributed by atoms with E-state index in [4.69, 9.17) is 9.47 Å². The Labute approximate surface area is 221 Å². The van der Waals surface area contributed by atoms with E-state index in [-0.39, 0.29) is 23.6 Å². The van der Waals surface area contributed by atoms with Crippen LogP contribution >= 0.6 is 34.4 Å². The van der Waals surface area contributed by atoms with Crippen LogP contribution < -0.4 is 9.47 Å². The molecule has 0 atom stereocenters. The third-order valence-electron chi connectivity index (χ3n) is 5.44. The van der Waals surface area contributed by atoms with Gasteiger partial charge in [0.1, 0.15) is 12.4 Å². The number of methoxy groups -OCH3 is 1. The largest absolute Gasteiger partial charge is 0.493 e. The molecule has 0 bridgehead atoms. The van der Waals surface area contributed by atoms with Gasteiger partial charge in [0.15, 0.2) is 11.5 Å². The number of benzene rings is 3. The lowest BCUT2D eigenvalue weighted by Gasteiger charge is -2.14. The van der Waals surface area contributed by atoms with E-state index in [1.807, 2.05) is 36.4 Å². The summed E-state index contributed by atoms with van der Waals surface area (Å²) in [7, 11) is 1.52. The molecule has 1 saturated heterocycles. The molecular formula is C27H23FINO4S. The second-order valence-electron chi connectivity index (χ2n) is 7.84. The number of hydrogen-bond donors (Lipinski definition) is 0. The van der Waals surface area contributed by atoms with Crippen LogP contribution in [0, 0.1) is 9.39 Å². The molecule has 180 valence electrons. The Morgan fingerprint density at radius 1 is 1.06 bits per heavy atom. The van der Waals surface area contributed by atoms with Crippen LogP contribution in [0.2, 0.25) is 0 Å². The molecule has 3 aromatic rings. The summed E-state index contributed by atoms with van der Waals surface area (Å²) < 4.78 is 26.0. The number of halogens is 2. The fourth-order valence-electron chi connectivity index (χ4n) is 3.66. The third kappa shape index (κ3) is 6.24. The predicted molar refractivity (Wildman–Crippen MR) is 144 cm³/mol. The standard InChI is InChI=1S/C27H23FINO4S/c1-33-23-15-19(14-22(29)25(23)34-17-20-11-5-6-12-21(20)28)16-24-26(31)30(27(32)35-24)13-7-10-18-8-3-2-4-9-18/h2-6,8-9,11-12,14-16H,7,10,13,17H2,1H3/b24-16+. The topological polar surface area (TPSA) is 55.8 Å². The van der Waals surface area contributed by atoms with Gasteiger partial charge in [0, 0.05) is 12.1 Å².